The van der Waals surface area contributed by atoms with Crippen LogP contribution in [-0.4, -0.2) is 33.9 Å². The van der Waals surface area contributed by atoms with E-state index in [1.165, 1.54) is 31.4 Å². The highest BCUT2D eigenvalue weighted by molar-refractivity contribution is 7.92. The number of sulfonamides is 1. The van der Waals surface area contributed by atoms with Crippen molar-refractivity contribution in [2.24, 2.45) is 0 Å². The summed E-state index contributed by atoms with van der Waals surface area (Å²) in [6, 6.07) is 19.0. The number of para-hydroxylation sites is 1. The average Bonchev–Trinajstić information content (AvgIpc) is 2.82. The predicted molar refractivity (Wildman–Crippen MR) is 123 cm³/mol. The highest BCUT2D eigenvalue weighted by Crippen LogP contribution is 2.20. The molecule has 0 aliphatic carbocycles. The Morgan fingerprint density at radius 3 is 2.33 bits per heavy atom. The Kier molecular flexibility index (Phi) is 7.52. The van der Waals surface area contributed by atoms with Gasteiger partial charge in [0.05, 0.1) is 12.0 Å². The van der Waals surface area contributed by atoms with E-state index in [-0.39, 0.29) is 17.1 Å². The maximum atomic E-state index is 12.7. The zero-order valence-electron chi connectivity index (χ0n) is 18.0. The molecule has 0 aliphatic heterocycles. The van der Waals surface area contributed by atoms with E-state index in [4.69, 9.17) is 9.47 Å². The number of benzene rings is 3. The number of carbonyl (C=O) groups is 2. The van der Waals surface area contributed by atoms with Gasteiger partial charge < -0.3 is 9.47 Å². The molecule has 0 spiro atoms. The third-order valence-corrected chi connectivity index (χ3v) is 5.90. The fraction of sp³-hybridized carbons (Fsp3) is 0.130. The number of amides is 2. The molecule has 0 radical (unpaired) electrons. The van der Waals surface area contributed by atoms with E-state index in [1.807, 2.05) is 19.1 Å². The molecule has 3 aromatic carbocycles. The van der Waals surface area contributed by atoms with E-state index < -0.39 is 21.8 Å². The van der Waals surface area contributed by atoms with E-state index in [2.05, 4.69) is 15.6 Å². The summed E-state index contributed by atoms with van der Waals surface area (Å²) in [6.07, 6.45) is 0. The molecule has 3 aromatic rings. The Morgan fingerprint density at radius 1 is 0.909 bits per heavy atom. The second-order valence-corrected chi connectivity index (χ2v) is 8.60. The van der Waals surface area contributed by atoms with Gasteiger partial charge in [-0.1, -0.05) is 24.3 Å². The highest BCUT2D eigenvalue weighted by atomic mass is 32.2. The maximum absolute atomic E-state index is 12.7. The lowest BCUT2D eigenvalue weighted by Crippen LogP contribution is -2.43. The fourth-order valence-electron chi connectivity index (χ4n) is 2.77. The van der Waals surface area contributed by atoms with Crippen molar-refractivity contribution in [1.29, 1.82) is 0 Å². The SMILES string of the molecule is COc1ccc(NS(=O)(=O)c2cccc(C(=O)NNC(=O)COc3ccccc3C)c2)cc1. The first-order valence-corrected chi connectivity index (χ1v) is 11.3. The molecular weight excluding hydrogens is 446 g/mol. The van der Waals surface area contributed by atoms with Crippen LogP contribution in [0.5, 0.6) is 11.5 Å². The molecule has 9 nitrogen and oxygen atoms in total. The van der Waals surface area contributed by atoms with Crippen molar-refractivity contribution in [3.05, 3.63) is 83.9 Å². The Morgan fingerprint density at radius 2 is 1.64 bits per heavy atom. The first kappa shape index (κ1) is 23.6. The molecule has 2 amide bonds. The monoisotopic (exact) mass is 469 g/mol. The second kappa shape index (κ2) is 10.5. The van der Waals surface area contributed by atoms with E-state index in [9.17, 15) is 18.0 Å². The van der Waals surface area contributed by atoms with E-state index in [1.54, 1.807) is 36.4 Å². The lowest BCUT2D eigenvalue weighted by Gasteiger charge is -2.11. The first-order chi connectivity index (χ1) is 15.8. The molecule has 172 valence electrons. The molecule has 0 bridgehead atoms. The largest absolute Gasteiger partial charge is 0.497 e. The van der Waals surface area contributed by atoms with Crippen LogP contribution >= 0.6 is 0 Å². The Labute approximate surface area is 191 Å². The van der Waals surface area contributed by atoms with Crippen molar-refractivity contribution in [3.8, 4) is 11.5 Å². The number of hydrazine groups is 1. The summed E-state index contributed by atoms with van der Waals surface area (Å²) in [5, 5.41) is 0. The summed E-state index contributed by atoms with van der Waals surface area (Å²) in [6.45, 7) is 1.55. The van der Waals surface area contributed by atoms with Crippen molar-refractivity contribution < 1.29 is 27.5 Å². The molecule has 0 heterocycles. The molecule has 0 saturated carbocycles. The molecule has 0 aromatic heterocycles. The molecule has 0 fully saturated rings. The van der Waals surface area contributed by atoms with E-state index in [0.717, 1.165) is 5.56 Å². The minimum Gasteiger partial charge on any atom is -0.497 e. The van der Waals surface area contributed by atoms with E-state index in [0.29, 0.717) is 17.2 Å². The number of aryl methyl sites for hydroxylation is 1. The minimum absolute atomic E-state index is 0.0488. The topological polar surface area (TPSA) is 123 Å². The van der Waals surface area contributed by atoms with Gasteiger partial charge in [-0.3, -0.25) is 25.2 Å². The fourth-order valence-corrected chi connectivity index (χ4v) is 3.88. The van der Waals surface area contributed by atoms with Crippen LogP contribution in [-0.2, 0) is 14.8 Å². The van der Waals surface area contributed by atoms with Crippen molar-refractivity contribution in [1.82, 2.24) is 10.9 Å². The zero-order valence-corrected chi connectivity index (χ0v) is 18.8. The van der Waals surface area contributed by atoms with Gasteiger partial charge in [0.1, 0.15) is 11.5 Å². The first-order valence-electron chi connectivity index (χ1n) is 9.83. The van der Waals surface area contributed by atoms with Gasteiger partial charge in [-0.15, -0.1) is 0 Å². The van der Waals surface area contributed by atoms with Crippen LogP contribution in [0, 0.1) is 6.92 Å². The highest BCUT2D eigenvalue weighted by Gasteiger charge is 2.17. The summed E-state index contributed by atoms with van der Waals surface area (Å²) in [4.78, 5) is 24.3. The molecule has 0 unspecified atom stereocenters. The van der Waals surface area contributed by atoms with Crippen LogP contribution in [0.1, 0.15) is 15.9 Å². The van der Waals surface area contributed by atoms with Crippen LogP contribution in [0.15, 0.2) is 77.7 Å². The smallest absolute Gasteiger partial charge is 0.276 e. The number of methoxy groups -OCH3 is 1. The van der Waals surface area contributed by atoms with Gasteiger partial charge in [-0.25, -0.2) is 8.42 Å². The Balaban J connectivity index is 1.59. The van der Waals surface area contributed by atoms with Crippen molar-refractivity contribution in [3.63, 3.8) is 0 Å². The van der Waals surface area contributed by atoms with Gasteiger partial charge in [0.2, 0.25) is 0 Å². The summed E-state index contributed by atoms with van der Waals surface area (Å²) >= 11 is 0. The predicted octanol–water partition coefficient (Wildman–Crippen LogP) is 2.64. The zero-order chi connectivity index (χ0) is 23.8. The quantitative estimate of drug-likeness (QED) is 0.436. The number of rotatable bonds is 8. The number of carbonyl (C=O) groups excluding carboxylic acids is 2. The summed E-state index contributed by atoms with van der Waals surface area (Å²) < 4.78 is 38.3. The molecule has 0 atom stereocenters. The second-order valence-electron chi connectivity index (χ2n) is 6.92. The molecule has 33 heavy (non-hydrogen) atoms. The van der Waals surface area contributed by atoms with Crippen molar-refractivity contribution in [2.45, 2.75) is 11.8 Å². The third kappa shape index (κ3) is 6.47. The lowest BCUT2D eigenvalue weighted by molar-refractivity contribution is -0.123. The van der Waals surface area contributed by atoms with Crippen LogP contribution in [0.3, 0.4) is 0 Å². The van der Waals surface area contributed by atoms with Crippen molar-refractivity contribution in [2.75, 3.05) is 18.4 Å². The van der Waals surface area contributed by atoms with Gasteiger partial charge in [0.25, 0.3) is 21.8 Å². The maximum Gasteiger partial charge on any atom is 0.276 e. The molecule has 0 aliphatic rings. The van der Waals surface area contributed by atoms with Gasteiger partial charge >= 0.3 is 0 Å². The lowest BCUT2D eigenvalue weighted by atomic mass is 10.2. The molecule has 10 heteroatoms. The number of ether oxygens (including phenoxy) is 2. The Bertz CT molecular complexity index is 1240. The van der Waals surface area contributed by atoms with Gasteiger partial charge in [0.15, 0.2) is 6.61 Å². The van der Waals surface area contributed by atoms with Crippen LogP contribution in [0.2, 0.25) is 0 Å². The normalized spacial score (nSPS) is 10.7. The number of nitrogens with one attached hydrogen (secondary N) is 3. The van der Waals surface area contributed by atoms with Crippen LogP contribution in [0.25, 0.3) is 0 Å². The van der Waals surface area contributed by atoms with Gasteiger partial charge in [0, 0.05) is 11.3 Å². The number of hydrogen-bond acceptors (Lipinski definition) is 6. The van der Waals surface area contributed by atoms with Gasteiger partial charge in [-0.2, -0.15) is 0 Å². The molecule has 3 rings (SSSR count). The number of anilines is 1. The molecule has 3 N–H and O–H groups in total. The van der Waals surface area contributed by atoms with E-state index >= 15 is 0 Å². The number of hydrogen-bond donors (Lipinski definition) is 3. The van der Waals surface area contributed by atoms with Gasteiger partial charge in [-0.05, 0) is 61.0 Å². The molecular formula is C23H23N3O6S. The summed E-state index contributed by atoms with van der Waals surface area (Å²) in [7, 11) is -2.43. The summed E-state index contributed by atoms with van der Waals surface area (Å²) in [5.74, 6) is -0.110. The van der Waals surface area contributed by atoms with Crippen LogP contribution < -0.4 is 25.0 Å². The average molecular weight is 470 g/mol. The Hall–Kier alpha value is -4.05. The minimum atomic E-state index is -3.94. The standard InChI is InChI=1S/C23H23N3O6S/c1-16-6-3-4-9-21(16)32-15-22(27)24-25-23(28)17-7-5-8-20(14-17)33(29,30)26-18-10-12-19(31-2)13-11-18/h3-14,26H,15H2,1-2H3,(H,24,27)(H,25,28). The van der Waals surface area contributed by atoms with Crippen molar-refractivity contribution >= 4 is 27.5 Å². The molecule has 0 saturated heterocycles. The third-order valence-electron chi connectivity index (χ3n) is 4.52. The van der Waals surface area contributed by atoms with Crippen LogP contribution in [0.4, 0.5) is 5.69 Å². The summed E-state index contributed by atoms with van der Waals surface area (Å²) in [5.41, 5.74) is 5.74.